The van der Waals surface area contributed by atoms with E-state index in [0.29, 0.717) is 12.2 Å². The average Bonchev–Trinajstić information content (AvgIpc) is 3.58. The topological polar surface area (TPSA) is 61.1 Å². The number of nitrogens with one attached hydrogen (secondary N) is 1. The molecule has 3 aromatic carbocycles. The van der Waals surface area contributed by atoms with Gasteiger partial charge in [0.25, 0.3) is 5.91 Å². The summed E-state index contributed by atoms with van der Waals surface area (Å²) in [7, 11) is 3.60. The number of ether oxygens (including phenoxy) is 1. The number of hydrogen-bond acceptors (Lipinski definition) is 3. The molecule has 0 aliphatic heterocycles. The maximum absolute atomic E-state index is 13.5. The third-order valence-corrected chi connectivity index (χ3v) is 6.59. The summed E-state index contributed by atoms with van der Waals surface area (Å²) in [5, 5.41) is 7.94. The molecular formula is C31H30N4O2. The van der Waals surface area contributed by atoms with Crippen molar-refractivity contribution in [1.82, 2.24) is 19.7 Å². The lowest BCUT2D eigenvalue weighted by molar-refractivity contribution is 0.0945. The number of amides is 1. The second-order valence-corrected chi connectivity index (χ2v) is 8.95. The van der Waals surface area contributed by atoms with Crippen molar-refractivity contribution in [3.05, 3.63) is 126 Å². The average molecular weight is 491 g/mol. The maximum atomic E-state index is 13.5. The van der Waals surface area contributed by atoms with Crippen molar-refractivity contribution in [3.63, 3.8) is 0 Å². The Hall–Kier alpha value is -4.58. The van der Waals surface area contributed by atoms with Crippen LogP contribution in [0.4, 0.5) is 0 Å². The Bertz CT molecular complexity index is 1410. The van der Waals surface area contributed by atoms with Crippen LogP contribution in [-0.2, 0) is 7.05 Å². The van der Waals surface area contributed by atoms with E-state index in [1.807, 2.05) is 72.4 Å². The molecule has 0 saturated carbocycles. The Morgan fingerprint density at radius 1 is 0.892 bits per heavy atom. The number of aryl methyl sites for hydroxylation is 1. The monoisotopic (exact) mass is 490 g/mol. The summed E-state index contributed by atoms with van der Waals surface area (Å²) in [5.41, 5.74) is 5.42. The van der Waals surface area contributed by atoms with Crippen LogP contribution in [-0.4, -0.2) is 33.9 Å². The highest BCUT2D eigenvalue weighted by Gasteiger charge is 2.20. The molecular weight excluding hydrogens is 460 g/mol. The Kier molecular flexibility index (Phi) is 7.17. The number of nitrogens with zero attached hydrogens (tertiary/aromatic N) is 3. The molecule has 1 N–H and O–H groups in total. The van der Waals surface area contributed by atoms with Gasteiger partial charge in [-0.25, -0.2) is 4.68 Å². The lowest BCUT2D eigenvalue weighted by atomic mass is 9.88. The van der Waals surface area contributed by atoms with Crippen LogP contribution in [0.3, 0.4) is 0 Å². The Balaban J connectivity index is 1.39. The molecule has 0 bridgehead atoms. The molecule has 37 heavy (non-hydrogen) atoms. The minimum atomic E-state index is -0.163. The van der Waals surface area contributed by atoms with Gasteiger partial charge >= 0.3 is 0 Å². The third kappa shape index (κ3) is 5.33. The highest BCUT2D eigenvalue weighted by Crippen LogP contribution is 2.28. The van der Waals surface area contributed by atoms with Gasteiger partial charge in [0.2, 0.25) is 0 Å². The molecule has 0 saturated heterocycles. The van der Waals surface area contributed by atoms with Crippen molar-refractivity contribution < 1.29 is 9.53 Å². The van der Waals surface area contributed by atoms with Crippen molar-refractivity contribution in [3.8, 4) is 22.8 Å². The van der Waals surface area contributed by atoms with Gasteiger partial charge in [0, 0.05) is 25.7 Å². The van der Waals surface area contributed by atoms with Crippen molar-refractivity contribution in [2.24, 2.45) is 7.05 Å². The summed E-state index contributed by atoms with van der Waals surface area (Å²) in [5.74, 6) is 0.772. The molecule has 6 nitrogen and oxygen atoms in total. The Labute approximate surface area is 217 Å². The van der Waals surface area contributed by atoms with Gasteiger partial charge in [0.1, 0.15) is 17.1 Å². The lowest BCUT2D eigenvalue weighted by Crippen LogP contribution is -2.28. The fourth-order valence-electron chi connectivity index (χ4n) is 4.63. The summed E-state index contributed by atoms with van der Waals surface area (Å²) in [6.45, 7) is 0.528. The zero-order valence-corrected chi connectivity index (χ0v) is 21.0. The SMILES string of the molecule is COc1ccc(-n2nc(-c3cccn3C)cc2C(=O)NCCC(c2ccccc2)c2ccccc2)cc1. The van der Waals surface area contributed by atoms with Crippen LogP contribution >= 0.6 is 0 Å². The van der Waals surface area contributed by atoms with Crippen molar-refractivity contribution in [2.45, 2.75) is 12.3 Å². The van der Waals surface area contributed by atoms with Crippen LogP contribution < -0.4 is 10.1 Å². The van der Waals surface area contributed by atoms with Crippen molar-refractivity contribution in [2.75, 3.05) is 13.7 Å². The summed E-state index contributed by atoms with van der Waals surface area (Å²) >= 11 is 0. The number of methoxy groups -OCH3 is 1. The molecule has 0 spiro atoms. The number of benzene rings is 3. The molecule has 6 heteroatoms. The van der Waals surface area contributed by atoms with Crippen LogP contribution in [0.1, 0.15) is 34.0 Å². The van der Waals surface area contributed by atoms with E-state index in [4.69, 9.17) is 9.84 Å². The van der Waals surface area contributed by atoms with E-state index in [2.05, 4.69) is 53.8 Å². The van der Waals surface area contributed by atoms with Crippen LogP contribution in [0.25, 0.3) is 17.1 Å². The van der Waals surface area contributed by atoms with Gasteiger partial charge in [-0.2, -0.15) is 5.10 Å². The second-order valence-electron chi connectivity index (χ2n) is 8.95. The molecule has 0 atom stereocenters. The molecule has 5 aromatic rings. The van der Waals surface area contributed by atoms with E-state index in [1.54, 1.807) is 11.8 Å². The van der Waals surface area contributed by atoms with Gasteiger partial charge in [0.15, 0.2) is 0 Å². The standard InChI is InChI=1S/C31H30N4O2/c1-34-21-9-14-29(34)28-22-30(35(33-28)25-15-17-26(37-2)18-16-25)31(36)32-20-19-27(23-10-5-3-6-11-23)24-12-7-4-8-13-24/h3-18,21-22,27H,19-20H2,1-2H3,(H,32,36). The Morgan fingerprint density at radius 2 is 1.54 bits per heavy atom. The van der Waals surface area contributed by atoms with Crippen LogP contribution in [0.5, 0.6) is 5.75 Å². The first-order valence-corrected chi connectivity index (χ1v) is 12.4. The number of hydrogen-bond donors (Lipinski definition) is 1. The quantitative estimate of drug-likeness (QED) is 0.282. The lowest BCUT2D eigenvalue weighted by Gasteiger charge is -2.18. The Morgan fingerprint density at radius 3 is 2.11 bits per heavy atom. The smallest absolute Gasteiger partial charge is 0.270 e. The van der Waals surface area contributed by atoms with Gasteiger partial charge in [-0.05, 0) is 60.0 Å². The van der Waals surface area contributed by atoms with E-state index in [0.717, 1.165) is 29.2 Å². The summed E-state index contributed by atoms with van der Waals surface area (Å²) < 4.78 is 8.99. The molecule has 5 rings (SSSR count). The molecule has 0 radical (unpaired) electrons. The molecule has 2 heterocycles. The second kappa shape index (κ2) is 11.0. The molecule has 0 fully saturated rings. The van der Waals surface area contributed by atoms with E-state index in [-0.39, 0.29) is 11.8 Å². The fourth-order valence-corrected chi connectivity index (χ4v) is 4.63. The molecule has 0 aliphatic rings. The van der Waals surface area contributed by atoms with Crippen molar-refractivity contribution in [1.29, 1.82) is 0 Å². The van der Waals surface area contributed by atoms with Gasteiger partial charge in [-0.1, -0.05) is 60.7 Å². The predicted molar refractivity (Wildman–Crippen MR) is 146 cm³/mol. The summed E-state index contributed by atoms with van der Waals surface area (Å²) in [6, 6.07) is 34.2. The first kappa shape index (κ1) is 24.1. The molecule has 186 valence electrons. The van der Waals surface area contributed by atoms with Gasteiger partial charge in [0.05, 0.1) is 18.5 Å². The summed E-state index contributed by atoms with van der Waals surface area (Å²) in [6.07, 6.45) is 2.75. The predicted octanol–water partition coefficient (Wildman–Crippen LogP) is 5.84. The van der Waals surface area contributed by atoms with Gasteiger partial charge in [-0.3, -0.25) is 4.79 Å². The van der Waals surface area contributed by atoms with E-state index >= 15 is 0 Å². The maximum Gasteiger partial charge on any atom is 0.270 e. The van der Waals surface area contributed by atoms with E-state index < -0.39 is 0 Å². The van der Waals surface area contributed by atoms with Crippen molar-refractivity contribution >= 4 is 5.91 Å². The molecule has 1 amide bonds. The molecule has 0 unspecified atom stereocenters. The number of carbonyl (C=O) groups is 1. The normalized spacial score (nSPS) is 11.0. The number of aromatic nitrogens is 3. The zero-order chi connectivity index (χ0) is 25.6. The first-order chi connectivity index (χ1) is 18.1. The number of carbonyl (C=O) groups excluding carboxylic acids is 1. The zero-order valence-electron chi connectivity index (χ0n) is 21.0. The van der Waals surface area contributed by atoms with Crippen LogP contribution in [0.2, 0.25) is 0 Å². The number of rotatable bonds is 9. The highest BCUT2D eigenvalue weighted by atomic mass is 16.5. The third-order valence-electron chi connectivity index (χ3n) is 6.59. The van der Waals surface area contributed by atoms with Crippen LogP contribution in [0.15, 0.2) is 109 Å². The van der Waals surface area contributed by atoms with Gasteiger partial charge < -0.3 is 14.6 Å². The van der Waals surface area contributed by atoms with Crippen LogP contribution in [0, 0.1) is 0 Å². The van der Waals surface area contributed by atoms with Gasteiger partial charge in [-0.15, -0.1) is 0 Å². The van der Waals surface area contributed by atoms with E-state index in [1.165, 1.54) is 11.1 Å². The summed E-state index contributed by atoms with van der Waals surface area (Å²) in [4.78, 5) is 13.5. The van der Waals surface area contributed by atoms with E-state index in [9.17, 15) is 4.79 Å². The minimum absolute atomic E-state index is 0.163. The highest BCUT2D eigenvalue weighted by molar-refractivity contribution is 5.94. The fraction of sp³-hybridized carbons (Fsp3) is 0.161. The largest absolute Gasteiger partial charge is 0.497 e. The minimum Gasteiger partial charge on any atom is -0.497 e. The molecule has 2 aromatic heterocycles. The first-order valence-electron chi connectivity index (χ1n) is 12.4. The molecule has 0 aliphatic carbocycles.